The third-order valence-corrected chi connectivity index (χ3v) is 7.92. The molecule has 0 bridgehead atoms. The van der Waals surface area contributed by atoms with Crippen molar-refractivity contribution in [3.63, 3.8) is 0 Å². The van der Waals surface area contributed by atoms with Gasteiger partial charge in [-0.05, 0) is 87.7 Å². The largest absolute Gasteiger partial charge is 0.290 e. The smallest absolute Gasteiger partial charge is 0.146 e. The Hall–Kier alpha value is -4.57. The van der Waals surface area contributed by atoms with Crippen LogP contribution in [0.15, 0.2) is 85.3 Å². The zero-order valence-corrected chi connectivity index (χ0v) is 18.8. The molecule has 0 aliphatic heterocycles. The summed E-state index contributed by atoms with van der Waals surface area (Å²) in [6, 6.07) is 24.4. The maximum atomic E-state index is 5.19. The Balaban J connectivity index is 1.41. The third-order valence-electron chi connectivity index (χ3n) is 7.92. The van der Waals surface area contributed by atoms with E-state index >= 15 is 0 Å². The van der Waals surface area contributed by atoms with Gasteiger partial charge in [0.25, 0.3) is 0 Å². The van der Waals surface area contributed by atoms with E-state index in [2.05, 4.69) is 70.0 Å². The predicted octanol–water partition coefficient (Wildman–Crippen LogP) is 6.73. The normalized spacial score (nSPS) is 13.5. The highest BCUT2D eigenvalue weighted by Crippen LogP contribution is 2.50. The first kappa shape index (κ1) is 17.8. The molecule has 9 rings (SSSR count). The van der Waals surface area contributed by atoms with Crippen molar-refractivity contribution in [3.05, 3.63) is 108 Å². The van der Waals surface area contributed by atoms with Gasteiger partial charge >= 0.3 is 0 Å². The van der Waals surface area contributed by atoms with Gasteiger partial charge in [-0.2, -0.15) is 0 Å². The zero-order chi connectivity index (χ0) is 22.7. The molecule has 4 nitrogen and oxygen atoms in total. The highest BCUT2D eigenvalue weighted by molar-refractivity contribution is 6.12. The van der Waals surface area contributed by atoms with E-state index in [1.165, 1.54) is 44.5 Å². The van der Waals surface area contributed by atoms with Gasteiger partial charge in [-0.15, -0.1) is 0 Å². The first-order chi connectivity index (χ1) is 17.3. The molecule has 35 heavy (non-hydrogen) atoms. The van der Waals surface area contributed by atoms with Crippen LogP contribution in [0.2, 0.25) is 0 Å². The molecule has 0 atom stereocenters. The fraction of sp³-hybridized carbons (Fsp3) is 0.0645. The monoisotopic (exact) mass is 446 g/mol. The summed E-state index contributed by atoms with van der Waals surface area (Å²) in [6.45, 7) is 0. The molecule has 4 heterocycles. The molecular weight excluding hydrogens is 428 g/mol. The van der Waals surface area contributed by atoms with E-state index in [1.54, 1.807) is 0 Å². The van der Waals surface area contributed by atoms with Crippen LogP contribution in [0.4, 0.5) is 0 Å². The summed E-state index contributed by atoms with van der Waals surface area (Å²) in [6.07, 6.45) is 7.57. The topological polar surface area (TPSA) is 43.1 Å². The van der Waals surface area contributed by atoms with Gasteiger partial charge in [0.1, 0.15) is 5.65 Å². The first-order valence-electron chi connectivity index (χ1n) is 12.0. The Morgan fingerprint density at radius 3 is 2.46 bits per heavy atom. The lowest BCUT2D eigenvalue weighted by Gasteiger charge is -2.10. The summed E-state index contributed by atoms with van der Waals surface area (Å²) < 4.78 is 2.28. The molecule has 0 unspecified atom stereocenters. The van der Waals surface area contributed by atoms with Crippen LogP contribution in [0.3, 0.4) is 0 Å². The zero-order valence-electron chi connectivity index (χ0n) is 18.8. The van der Waals surface area contributed by atoms with E-state index in [9.17, 15) is 0 Å². The molecule has 0 saturated heterocycles. The standard InChI is InChI=1S/C31H18N4/c1-2-5-21-17(4-1)12-18-7-8-19-13-20-14-27-25(15-23(20)29(19)28(18)21)34-31-22-9-11-32-16-24(22)30-26(35(27)31)6-3-10-33-30/h1-11,14-16H,12-13H2. The van der Waals surface area contributed by atoms with Crippen LogP contribution in [0.5, 0.6) is 0 Å². The molecule has 4 aromatic heterocycles. The van der Waals surface area contributed by atoms with Crippen LogP contribution in [0, 0.1) is 0 Å². The SMILES string of the molecule is c1ccc2c(c1)Cc1ccc3c(c1-2)-c1cc2nc4c5ccncc5c5ncccc5n4c2cc1C3. The number of fused-ring (bicyclic) bond motifs is 15. The quantitative estimate of drug-likeness (QED) is 0.243. The summed E-state index contributed by atoms with van der Waals surface area (Å²) >= 11 is 0. The molecule has 0 amide bonds. The summed E-state index contributed by atoms with van der Waals surface area (Å²) in [5, 5.41) is 2.12. The number of imidazole rings is 1. The highest BCUT2D eigenvalue weighted by atomic mass is 15.0. The van der Waals surface area contributed by atoms with Crippen LogP contribution < -0.4 is 0 Å². The maximum absolute atomic E-state index is 5.19. The van der Waals surface area contributed by atoms with Crippen molar-refractivity contribution in [2.24, 2.45) is 0 Å². The van der Waals surface area contributed by atoms with E-state index in [4.69, 9.17) is 9.97 Å². The molecular formula is C31H18N4. The number of nitrogens with zero attached hydrogens (tertiary/aromatic N) is 4. The van der Waals surface area contributed by atoms with Gasteiger partial charge in [-0.3, -0.25) is 14.4 Å². The molecule has 2 aliphatic rings. The second kappa shape index (κ2) is 6.10. The number of pyridine rings is 3. The predicted molar refractivity (Wildman–Crippen MR) is 140 cm³/mol. The minimum Gasteiger partial charge on any atom is -0.290 e. The number of hydrogen-bond acceptors (Lipinski definition) is 3. The van der Waals surface area contributed by atoms with Crippen molar-refractivity contribution in [3.8, 4) is 22.3 Å². The lowest BCUT2D eigenvalue weighted by Crippen LogP contribution is -1.93. The molecule has 3 aromatic carbocycles. The van der Waals surface area contributed by atoms with Crippen molar-refractivity contribution in [2.75, 3.05) is 0 Å². The van der Waals surface area contributed by atoms with E-state index in [1.807, 2.05) is 24.7 Å². The minimum atomic E-state index is 0.955. The third kappa shape index (κ3) is 2.15. The highest BCUT2D eigenvalue weighted by Gasteiger charge is 2.29. The van der Waals surface area contributed by atoms with E-state index in [0.717, 1.165) is 51.3 Å². The van der Waals surface area contributed by atoms with Crippen molar-refractivity contribution >= 4 is 38.5 Å². The Morgan fingerprint density at radius 1 is 0.657 bits per heavy atom. The fourth-order valence-corrected chi connectivity index (χ4v) is 6.46. The van der Waals surface area contributed by atoms with E-state index in [-0.39, 0.29) is 0 Å². The van der Waals surface area contributed by atoms with Gasteiger partial charge in [0.2, 0.25) is 0 Å². The number of aromatic nitrogens is 4. The molecule has 0 saturated carbocycles. The van der Waals surface area contributed by atoms with Crippen molar-refractivity contribution in [1.29, 1.82) is 0 Å². The molecule has 0 N–H and O–H groups in total. The molecule has 0 radical (unpaired) electrons. The Labute approximate surface area is 200 Å². The average molecular weight is 447 g/mol. The lowest BCUT2D eigenvalue weighted by atomic mass is 9.94. The van der Waals surface area contributed by atoms with Crippen LogP contribution >= 0.6 is 0 Å². The molecule has 0 spiro atoms. The van der Waals surface area contributed by atoms with Gasteiger partial charge in [0, 0.05) is 29.4 Å². The van der Waals surface area contributed by atoms with E-state index < -0.39 is 0 Å². The first-order valence-corrected chi connectivity index (χ1v) is 12.0. The number of hydrogen-bond donors (Lipinski definition) is 0. The van der Waals surface area contributed by atoms with Crippen LogP contribution in [0.1, 0.15) is 22.3 Å². The van der Waals surface area contributed by atoms with Crippen molar-refractivity contribution < 1.29 is 0 Å². The number of benzene rings is 3. The summed E-state index contributed by atoms with van der Waals surface area (Å²) in [4.78, 5) is 14.3. The fourth-order valence-electron chi connectivity index (χ4n) is 6.46. The van der Waals surface area contributed by atoms with Gasteiger partial charge in [-0.1, -0.05) is 36.4 Å². The summed E-state index contributed by atoms with van der Waals surface area (Å²) in [5.41, 5.74) is 16.3. The van der Waals surface area contributed by atoms with Crippen LogP contribution in [-0.4, -0.2) is 19.4 Å². The summed E-state index contributed by atoms with van der Waals surface area (Å²) in [7, 11) is 0. The van der Waals surface area contributed by atoms with Crippen molar-refractivity contribution in [1.82, 2.24) is 19.4 Å². The molecule has 7 aromatic rings. The maximum Gasteiger partial charge on any atom is 0.146 e. The Kier molecular flexibility index (Phi) is 3.11. The lowest BCUT2D eigenvalue weighted by molar-refractivity contribution is 1.23. The molecule has 4 heteroatoms. The minimum absolute atomic E-state index is 0.955. The number of rotatable bonds is 0. The summed E-state index contributed by atoms with van der Waals surface area (Å²) in [5.74, 6) is 0. The Morgan fingerprint density at radius 2 is 1.51 bits per heavy atom. The van der Waals surface area contributed by atoms with Crippen LogP contribution in [-0.2, 0) is 12.8 Å². The van der Waals surface area contributed by atoms with Gasteiger partial charge < -0.3 is 0 Å². The Bertz CT molecular complexity index is 2070. The van der Waals surface area contributed by atoms with Gasteiger partial charge in [0.05, 0.1) is 22.1 Å². The molecule has 0 fully saturated rings. The van der Waals surface area contributed by atoms with Crippen LogP contribution in [0.25, 0.3) is 60.7 Å². The van der Waals surface area contributed by atoms with Gasteiger partial charge in [0.15, 0.2) is 0 Å². The van der Waals surface area contributed by atoms with E-state index in [0.29, 0.717) is 0 Å². The van der Waals surface area contributed by atoms with Crippen molar-refractivity contribution in [2.45, 2.75) is 12.8 Å². The second-order valence-corrected chi connectivity index (χ2v) is 9.71. The molecule has 2 aliphatic carbocycles. The second-order valence-electron chi connectivity index (χ2n) is 9.71. The van der Waals surface area contributed by atoms with Gasteiger partial charge in [-0.25, -0.2) is 4.98 Å². The average Bonchev–Trinajstić information content (AvgIpc) is 3.58. The molecule has 162 valence electrons.